The van der Waals surface area contributed by atoms with E-state index in [1.165, 1.54) is 51.0 Å². The molecule has 49 heavy (non-hydrogen) atoms. The minimum Gasteiger partial charge on any atom is -0.460 e. The van der Waals surface area contributed by atoms with E-state index in [2.05, 4.69) is 82.1 Å². The third-order valence-electron chi connectivity index (χ3n) is 14.2. The summed E-state index contributed by atoms with van der Waals surface area (Å²) in [4.78, 5) is 45.1. The van der Waals surface area contributed by atoms with E-state index in [0.717, 1.165) is 43.2 Å². The lowest BCUT2D eigenvalue weighted by atomic mass is 9.43. The molecule has 2 saturated carbocycles. The van der Waals surface area contributed by atoms with Gasteiger partial charge >= 0.3 is 5.97 Å². The van der Waals surface area contributed by atoms with Gasteiger partial charge in [-0.25, -0.2) is 9.78 Å². The molecule has 3 N–H and O–H groups in total. The summed E-state index contributed by atoms with van der Waals surface area (Å²) in [6, 6.07) is -0.842. The van der Waals surface area contributed by atoms with Gasteiger partial charge in [0.05, 0.1) is 6.33 Å². The first-order valence-corrected chi connectivity index (χ1v) is 19.1. The number of imidazole rings is 1. The maximum absolute atomic E-state index is 13.8. The zero-order valence-electron chi connectivity index (χ0n) is 31.9. The van der Waals surface area contributed by atoms with Crippen LogP contribution in [0.4, 0.5) is 0 Å². The Hall–Kier alpha value is -2.90. The lowest BCUT2D eigenvalue weighted by Crippen LogP contribution is -2.56. The van der Waals surface area contributed by atoms with Gasteiger partial charge in [0.25, 0.3) is 0 Å². The van der Waals surface area contributed by atoms with Crippen LogP contribution in [0.3, 0.4) is 0 Å². The van der Waals surface area contributed by atoms with Crippen LogP contribution in [-0.4, -0.2) is 46.4 Å². The second-order valence-electron chi connectivity index (χ2n) is 17.6. The van der Waals surface area contributed by atoms with Crippen molar-refractivity contribution < 1.29 is 19.1 Å². The van der Waals surface area contributed by atoms with Crippen molar-refractivity contribution in [1.82, 2.24) is 20.6 Å². The summed E-state index contributed by atoms with van der Waals surface area (Å²) in [5.74, 6) is 1.02. The summed E-state index contributed by atoms with van der Waals surface area (Å²) < 4.78 is 6.41. The van der Waals surface area contributed by atoms with E-state index < -0.39 is 12.0 Å². The monoisotopic (exact) mass is 676 g/mol. The number of nitrogens with one attached hydrogen (secondary N) is 3. The number of amides is 2. The molecule has 2 fully saturated rings. The van der Waals surface area contributed by atoms with Crippen LogP contribution in [-0.2, 0) is 25.5 Å². The van der Waals surface area contributed by atoms with Crippen molar-refractivity contribution >= 4 is 17.8 Å². The number of aromatic nitrogens is 2. The van der Waals surface area contributed by atoms with Gasteiger partial charge in [0, 0.05) is 43.6 Å². The average Bonchev–Trinajstić information content (AvgIpc) is 3.63. The highest BCUT2D eigenvalue weighted by Gasteiger charge is 2.63. The van der Waals surface area contributed by atoms with E-state index in [-0.39, 0.29) is 53.5 Å². The van der Waals surface area contributed by atoms with Crippen LogP contribution in [0, 0.1) is 39.4 Å². The number of allylic oxidation sites excluding steroid dienone is 4. The fourth-order valence-electron chi connectivity index (χ4n) is 11.3. The van der Waals surface area contributed by atoms with Crippen molar-refractivity contribution in [2.75, 3.05) is 6.54 Å². The predicted octanol–water partition coefficient (Wildman–Crippen LogP) is 8.01. The Morgan fingerprint density at radius 3 is 2.45 bits per heavy atom. The average molecular weight is 677 g/mol. The highest BCUT2D eigenvalue weighted by Crippen LogP contribution is 2.72. The maximum atomic E-state index is 13.8. The van der Waals surface area contributed by atoms with Crippen molar-refractivity contribution in [1.29, 1.82) is 0 Å². The molecule has 0 spiro atoms. The molecular weight excluding hydrogens is 612 g/mol. The second kappa shape index (κ2) is 14.4. The normalized spacial score (nSPS) is 33.0. The highest BCUT2D eigenvalue weighted by molar-refractivity contribution is 5.85. The number of rotatable bonds is 12. The van der Waals surface area contributed by atoms with Crippen LogP contribution < -0.4 is 10.6 Å². The fraction of sp³-hybridized carbons (Fsp3) is 0.756. The molecule has 1 heterocycles. The number of carbonyl (C=O) groups excluding carboxylic acids is 3. The smallest absolute Gasteiger partial charge is 0.329 e. The Morgan fingerprint density at radius 1 is 1.02 bits per heavy atom. The van der Waals surface area contributed by atoms with Gasteiger partial charge in [-0.05, 0) is 112 Å². The number of hydrogen-bond donors (Lipinski definition) is 3. The second-order valence-corrected chi connectivity index (χ2v) is 17.6. The van der Waals surface area contributed by atoms with Crippen molar-refractivity contribution in [3.8, 4) is 0 Å². The van der Waals surface area contributed by atoms with Crippen molar-refractivity contribution in [3.05, 3.63) is 41.0 Å². The minimum atomic E-state index is -0.842. The van der Waals surface area contributed by atoms with Crippen LogP contribution in [0.5, 0.6) is 0 Å². The van der Waals surface area contributed by atoms with E-state index in [1.54, 1.807) is 23.7 Å². The van der Waals surface area contributed by atoms with E-state index in [1.807, 2.05) is 0 Å². The van der Waals surface area contributed by atoms with E-state index in [9.17, 15) is 14.4 Å². The molecule has 4 aliphatic rings. The molecule has 0 aromatic carbocycles. The molecule has 0 saturated heterocycles. The van der Waals surface area contributed by atoms with Crippen LogP contribution in [0.2, 0.25) is 0 Å². The number of nitrogens with zero attached hydrogens (tertiary/aromatic N) is 1. The lowest BCUT2D eigenvalue weighted by molar-refractivity contribution is -0.172. The summed E-state index contributed by atoms with van der Waals surface area (Å²) in [5, 5.41) is 5.53. The molecule has 0 bridgehead atoms. The quantitative estimate of drug-likeness (QED) is 0.153. The van der Waals surface area contributed by atoms with Gasteiger partial charge in [0.1, 0.15) is 12.1 Å². The molecule has 0 aliphatic heterocycles. The molecule has 0 radical (unpaired) electrons. The van der Waals surface area contributed by atoms with Crippen LogP contribution >= 0.6 is 0 Å². The Bertz CT molecular complexity index is 1440. The van der Waals surface area contributed by atoms with Gasteiger partial charge in [0.2, 0.25) is 11.8 Å². The predicted molar refractivity (Wildman–Crippen MR) is 194 cm³/mol. The number of H-pyrrole nitrogens is 1. The topological polar surface area (TPSA) is 113 Å². The third kappa shape index (κ3) is 7.17. The molecule has 2 amide bonds. The first-order valence-electron chi connectivity index (χ1n) is 19.1. The Morgan fingerprint density at radius 2 is 1.78 bits per heavy atom. The Labute approximate surface area is 295 Å². The number of ether oxygens (including phenoxy) is 1. The lowest BCUT2D eigenvalue weighted by Gasteiger charge is -2.62. The number of carbonyl (C=O) groups is 3. The summed E-state index contributed by atoms with van der Waals surface area (Å²) in [6.45, 7) is 21.0. The van der Waals surface area contributed by atoms with Crippen molar-refractivity contribution in [3.63, 3.8) is 0 Å². The number of aromatic amines is 1. The summed E-state index contributed by atoms with van der Waals surface area (Å²) in [7, 11) is 0. The van der Waals surface area contributed by atoms with Crippen molar-refractivity contribution in [2.24, 2.45) is 39.4 Å². The van der Waals surface area contributed by atoms with Gasteiger partial charge in [0.15, 0.2) is 0 Å². The molecular formula is C41H64N4O4. The van der Waals surface area contributed by atoms with Crippen LogP contribution in [0.1, 0.15) is 139 Å². The van der Waals surface area contributed by atoms with Gasteiger partial charge in [-0.2, -0.15) is 0 Å². The maximum Gasteiger partial charge on any atom is 0.329 e. The molecule has 8 heteroatoms. The number of hydrogen-bond acceptors (Lipinski definition) is 5. The first-order chi connectivity index (χ1) is 23.0. The highest BCUT2D eigenvalue weighted by atomic mass is 16.5. The fourth-order valence-corrected chi connectivity index (χ4v) is 11.3. The standard InChI is InChI=1S/C41H64N4O4/c1-26(2)11-10-12-27(3)30-15-20-41(9)32-13-14-34-38(5,6)35(17-19-39(34,7)31(32)16-21-40(30,41)8)49-37(48)33(23-29-24-42-25-44-29)45-36(47)18-22-43-28(4)46/h11,24-25,27,30,33-35H,10,12-23H2,1-9H3,(H,42,44)(H,43,46)(H,45,47)/t27-,30-,33+,34+,35+,39-,40-,41+/m1/s1. The van der Waals surface area contributed by atoms with Crippen LogP contribution in [0.15, 0.2) is 35.3 Å². The zero-order valence-corrected chi connectivity index (χ0v) is 31.9. The van der Waals surface area contributed by atoms with E-state index >= 15 is 0 Å². The van der Waals surface area contributed by atoms with E-state index in [4.69, 9.17) is 4.74 Å². The van der Waals surface area contributed by atoms with E-state index in [0.29, 0.717) is 11.3 Å². The first kappa shape index (κ1) is 37.4. The molecule has 8 atom stereocenters. The molecule has 0 unspecified atom stereocenters. The molecule has 1 aromatic rings. The summed E-state index contributed by atoms with van der Waals surface area (Å²) >= 11 is 0. The zero-order chi connectivity index (χ0) is 35.8. The largest absolute Gasteiger partial charge is 0.460 e. The van der Waals surface area contributed by atoms with Gasteiger partial charge in [-0.3, -0.25) is 9.59 Å². The third-order valence-corrected chi connectivity index (χ3v) is 14.2. The molecule has 5 rings (SSSR count). The number of fused-ring (bicyclic) bond motifs is 4. The SMILES string of the molecule is CC(=O)NCCC(=O)N[C@@H](Cc1cnc[nH]1)C(=O)O[C@H]1CC[C@]2(C)C3=C(CC[C@H]2C1(C)C)[C@]1(C)CC[C@H]([C@H](C)CCC=C(C)C)[C@@]1(C)CC3. The number of esters is 1. The van der Waals surface area contributed by atoms with Gasteiger partial charge in [-0.1, -0.05) is 64.3 Å². The molecule has 4 aliphatic carbocycles. The minimum absolute atomic E-state index is 0.0899. The Balaban J connectivity index is 1.31. The summed E-state index contributed by atoms with van der Waals surface area (Å²) in [5.41, 5.74) is 6.19. The summed E-state index contributed by atoms with van der Waals surface area (Å²) in [6.07, 6.45) is 17.5. The van der Waals surface area contributed by atoms with Gasteiger partial charge in [-0.15, -0.1) is 0 Å². The molecule has 8 nitrogen and oxygen atoms in total. The van der Waals surface area contributed by atoms with Crippen LogP contribution in [0.25, 0.3) is 0 Å². The van der Waals surface area contributed by atoms with Gasteiger partial charge < -0.3 is 20.4 Å². The molecule has 1 aromatic heterocycles. The van der Waals surface area contributed by atoms with Crippen molar-refractivity contribution in [2.45, 2.75) is 152 Å². The Kier molecular flexibility index (Phi) is 11.0. The molecule has 272 valence electrons.